The van der Waals surface area contributed by atoms with E-state index in [0.29, 0.717) is 43.0 Å². The van der Waals surface area contributed by atoms with Crippen molar-refractivity contribution in [3.05, 3.63) is 71.4 Å². The van der Waals surface area contributed by atoms with Crippen molar-refractivity contribution in [2.45, 2.75) is 38.3 Å². The molecular formula is C27H29N5O3. The van der Waals surface area contributed by atoms with E-state index in [0.717, 1.165) is 48.6 Å². The van der Waals surface area contributed by atoms with Crippen LogP contribution in [-0.2, 0) is 11.3 Å². The predicted molar refractivity (Wildman–Crippen MR) is 132 cm³/mol. The van der Waals surface area contributed by atoms with Crippen molar-refractivity contribution in [2.75, 3.05) is 31.2 Å². The van der Waals surface area contributed by atoms with E-state index in [1.807, 2.05) is 23.7 Å². The molecule has 0 radical (unpaired) electrons. The average molecular weight is 472 g/mol. The van der Waals surface area contributed by atoms with Crippen LogP contribution in [0.15, 0.2) is 59.1 Å². The van der Waals surface area contributed by atoms with Crippen molar-refractivity contribution in [3.63, 3.8) is 0 Å². The zero-order valence-electron chi connectivity index (χ0n) is 19.8. The van der Waals surface area contributed by atoms with Gasteiger partial charge >= 0.3 is 0 Å². The third-order valence-corrected chi connectivity index (χ3v) is 6.96. The molecule has 2 aliphatic heterocycles. The Bertz CT molecular complexity index is 1300. The standard InChI is InChI=1S/C27H29N5O3/c1-18-13-25(29-32(18)15-19-3-2-4-23(14-19)31-16-24(33)17-31)27-28-26(30-35-27)22-7-5-20(6-8-22)21-9-11-34-12-10-21/h2-8,13-14,21,24,33H,9-12,15-17H2,1H3. The highest BCUT2D eigenvalue weighted by Crippen LogP contribution is 2.29. The van der Waals surface area contributed by atoms with Gasteiger partial charge in [-0.25, -0.2) is 0 Å². The highest BCUT2D eigenvalue weighted by atomic mass is 16.5. The fraction of sp³-hybridized carbons (Fsp3) is 0.370. The zero-order chi connectivity index (χ0) is 23.8. The number of hydrogen-bond acceptors (Lipinski definition) is 7. The zero-order valence-corrected chi connectivity index (χ0v) is 19.8. The molecule has 0 saturated carbocycles. The number of ether oxygens (including phenoxy) is 1. The number of rotatable bonds is 6. The third kappa shape index (κ3) is 4.59. The molecule has 6 rings (SSSR count). The van der Waals surface area contributed by atoms with Gasteiger partial charge in [-0.15, -0.1) is 0 Å². The molecule has 2 aliphatic rings. The van der Waals surface area contributed by atoms with Crippen molar-refractivity contribution < 1.29 is 14.4 Å². The lowest BCUT2D eigenvalue weighted by Gasteiger charge is -2.38. The normalized spacial score (nSPS) is 17.0. The number of aromatic nitrogens is 4. The molecule has 4 aromatic rings. The van der Waals surface area contributed by atoms with E-state index in [4.69, 9.17) is 14.4 Å². The first kappa shape index (κ1) is 22.0. The van der Waals surface area contributed by atoms with E-state index in [2.05, 4.69) is 57.5 Å². The molecule has 8 nitrogen and oxygen atoms in total. The molecule has 0 atom stereocenters. The number of anilines is 1. The summed E-state index contributed by atoms with van der Waals surface area (Å²) in [6, 6.07) is 18.8. The topological polar surface area (TPSA) is 89.4 Å². The van der Waals surface area contributed by atoms with Gasteiger partial charge in [0.2, 0.25) is 5.82 Å². The van der Waals surface area contributed by atoms with Gasteiger partial charge in [0.25, 0.3) is 5.89 Å². The fourth-order valence-electron chi connectivity index (χ4n) is 4.85. The molecule has 2 aromatic heterocycles. The number of hydrogen-bond donors (Lipinski definition) is 1. The Morgan fingerprint density at radius 3 is 2.60 bits per heavy atom. The van der Waals surface area contributed by atoms with Gasteiger partial charge < -0.3 is 19.3 Å². The van der Waals surface area contributed by atoms with E-state index in [-0.39, 0.29) is 6.10 Å². The summed E-state index contributed by atoms with van der Waals surface area (Å²) in [6.45, 7) is 5.71. The van der Waals surface area contributed by atoms with Gasteiger partial charge in [-0.2, -0.15) is 10.1 Å². The van der Waals surface area contributed by atoms with Gasteiger partial charge in [-0.3, -0.25) is 4.68 Å². The molecule has 0 unspecified atom stereocenters. The van der Waals surface area contributed by atoms with Crippen molar-refractivity contribution in [3.8, 4) is 23.0 Å². The molecule has 2 saturated heterocycles. The number of aliphatic hydroxyl groups excluding tert-OH is 1. The Hall–Kier alpha value is -3.49. The Labute approximate surface area is 204 Å². The monoisotopic (exact) mass is 471 g/mol. The maximum absolute atomic E-state index is 9.59. The summed E-state index contributed by atoms with van der Waals surface area (Å²) in [4.78, 5) is 6.79. The molecule has 180 valence electrons. The minimum atomic E-state index is -0.223. The molecule has 8 heteroatoms. The summed E-state index contributed by atoms with van der Waals surface area (Å²) >= 11 is 0. The lowest BCUT2D eigenvalue weighted by Crippen LogP contribution is -2.50. The van der Waals surface area contributed by atoms with E-state index >= 15 is 0 Å². The van der Waals surface area contributed by atoms with Gasteiger partial charge in [-0.1, -0.05) is 41.6 Å². The Morgan fingerprint density at radius 1 is 1.03 bits per heavy atom. The van der Waals surface area contributed by atoms with Gasteiger partial charge in [0.05, 0.1) is 12.6 Å². The van der Waals surface area contributed by atoms with Crippen LogP contribution in [0, 0.1) is 6.92 Å². The number of nitrogens with zero attached hydrogens (tertiary/aromatic N) is 5. The summed E-state index contributed by atoms with van der Waals surface area (Å²) in [5, 5.41) is 18.5. The summed E-state index contributed by atoms with van der Waals surface area (Å²) in [5.74, 6) is 1.54. The van der Waals surface area contributed by atoms with E-state index < -0.39 is 0 Å². The van der Waals surface area contributed by atoms with Crippen molar-refractivity contribution in [1.82, 2.24) is 19.9 Å². The first-order valence-electron chi connectivity index (χ1n) is 12.2. The summed E-state index contributed by atoms with van der Waals surface area (Å²) < 4.78 is 13.0. The minimum absolute atomic E-state index is 0.223. The molecular weight excluding hydrogens is 442 g/mol. The maximum Gasteiger partial charge on any atom is 0.278 e. The summed E-state index contributed by atoms with van der Waals surface area (Å²) in [6.07, 6.45) is 1.91. The van der Waals surface area contributed by atoms with E-state index in [1.165, 1.54) is 5.56 Å². The molecule has 1 N–H and O–H groups in total. The van der Waals surface area contributed by atoms with Crippen LogP contribution in [0.1, 0.15) is 35.6 Å². The summed E-state index contributed by atoms with van der Waals surface area (Å²) in [7, 11) is 0. The second kappa shape index (κ2) is 9.28. The van der Waals surface area contributed by atoms with Crippen LogP contribution in [0.25, 0.3) is 23.0 Å². The predicted octanol–water partition coefficient (Wildman–Crippen LogP) is 4.03. The quantitative estimate of drug-likeness (QED) is 0.454. The van der Waals surface area contributed by atoms with Crippen molar-refractivity contribution >= 4 is 5.69 Å². The van der Waals surface area contributed by atoms with Crippen LogP contribution in [-0.4, -0.2) is 57.4 Å². The van der Waals surface area contributed by atoms with Gasteiger partial charge in [0.1, 0.15) is 0 Å². The van der Waals surface area contributed by atoms with E-state index in [9.17, 15) is 5.11 Å². The first-order valence-corrected chi connectivity index (χ1v) is 12.2. The highest BCUT2D eigenvalue weighted by molar-refractivity contribution is 5.58. The summed E-state index contributed by atoms with van der Waals surface area (Å²) in [5.41, 5.74) is 6.23. The molecule has 0 bridgehead atoms. The number of aliphatic hydroxyl groups is 1. The number of β-amino-alcohol motifs (C(OH)–C–C–N with tert-alkyl or cyclic N) is 1. The number of aryl methyl sites for hydroxylation is 1. The lowest BCUT2D eigenvalue weighted by atomic mass is 9.91. The van der Waals surface area contributed by atoms with Gasteiger partial charge in [0, 0.05) is 43.2 Å². The van der Waals surface area contributed by atoms with Crippen molar-refractivity contribution in [2.24, 2.45) is 0 Å². The second-order valence-electron chi connectivity index (χ2n) is 9.49. The second-order valence-corrected chi connectivity index (χ2v) is 9.49. The van der Waals surface area contributed by atoms with Crippen LogP contribution in [0.5, 0.6) is 0 Å². The molecule has 2 fully saturated rings. The van der Waals surface area contributed by atoms with Crippen LogP contribution in [0.2, 0.25) is 0 Å². The van der Waals surface area contributed by atoms with Crippen LogP contribution < -0.4 is 4.90 Å². The molecule has 0 spiro atoms. The smallest absolute Gasteiger partial charge is 0.278 e. The molecule has 0 aliphatic carbocycles. The maximum atomic E-state index is 9.59. The van der Waals surface area contributed by atoms with Crippen molar-refractivity contribution in [1.29, 1.82) is 0 Å². The largest absolute Gasteiger partial charge is 0.389 e. The van der Waals surface area contributed by atoms with Crippen LogP contribution in [0.4, 0.5) is 5.69 Å². The average Bonchev–Trinajstić information content (AvgIpc) is 3.50. The highest BCUT2D eigenvalue weighted by Gasteiger charge is 2.24. The molecule has 35 heavy (non-hydrogen) atoms. The SMILES string of the molecule is Cc1cc(-c2nc(-c3ccc(C4CCOCC4)cc3)no2)nn1Cc1cccc(N2CC(O)C2)c1. The first-order chi connectivity index (χ1) is 17.1. The Morgan fingerprint density at radius 2 is 1.83 bits per heavy atom. The Kier molecular flexibility index (Phi) is 5.83. The molecule has 2 aromatic carbocycles. The lowest BCUT2D eigenvalue weighted by molar-refractivity contribution is 0.0853. The third-order valence-electron chi connectivity index (χ3n) is 6.96. The minimum Gasteiger partial charge on any atom is -0.389 e. The molecule has 0 amide bonds. The van der Waals surface area contributed by atoms with Gasteiger partial charge in [-0.05, 0) is 55.0 Å². The Balaban J connectivity index is 1.17. The van der Waals surface area contributed by atoms with Gasteiger partial charge in [0.15, 0.2) is 5.69 Å². The van der Waals surface area contributed by atoms with Crippen LogP contribution in [0.3, 0.4) is 0 Å². The molecule has 4 heterocycles. The number of benzene rings is 2. The fourth-order valence-corrected chi connectivity index (χ4v) is 4.85. The van der Waals surface area contributed by atoms with E-state index in [1.54, 1.807) is 0 Å². The van der Waals surface area contributed by atoms with Crippen LogP contribution >= 0.6 is 0 Å².